The Morgan fingerprint density at radius 1 is 1.27 bits per heavy atom. The second-order valence-electron chi connectivity index (χ2n) is 4.95. The van der Waals surface area contributed by atoms with Crippen molar-refractivity contribution in [2.75, 3.05) is 38.7 Å². The molecule has 0 aliphatic carbocycles. The number of anilines is 1. The molecule has 1 aromatic heterocycles. The van der Waals surface area contributed by atoms with Crippen molar-refractivity contribution >= 4 is 35.1 Å². The number of ether oxygens (including phenoxy) is 2. The first-order chi connectivity index (χ1) is 12.5. The number of aromatic nitrogens is 2. The number of nitrogens with zero attached hydrogens (tertiary/aromatic N) is 2. The predicted molar refractivity (Wildman–Crippen MR) is 98.5 cm³/mol. The molecule has 144 valence electrons. The van der Waals surface area contributed by atoms with E-state index in [1.807, 2.05) is 0 Å². The highest BCUT2D eigenvalue weighted by atomic mass is 32.1. The number of thiocarbonyl (C=S) groups is 1. The van der Waals surface area contributed by atoms with Crippen molar-refractivity contribution in [3.05, 3.63) is 11.8 Å². The Morgan fingerprint density at radius 2 is 2.00 bits per heavy atom. The molecule has 26 heavy (non-hydrogen) atoms. The third kappa shape index (κ3) is 7.92. The van der Waals surface area contributed by atoms with Crippen molar-refractivity contribution < 1.29 is 24.2 Å². The summed E-state index contributed by atoms with van der Waals surface area (Å²) in [5.41, 5.74) is 0.228. The number of carboxylic acids is 1. The summed E-state index contributed by atoms with van der Waals surface area (Å²) >= 11 is 5.03. The topological polar surface area (TPSA) is 135 Å². The zero-order valence-corrected chi connectivity index (χ0v) is 15.5. The molecule has 0 amide bonds. The lowest BCUT2D eigenvalue weighted by molar-refractivity contribution is -0.136. The van der Waals surface area contributed by atoms with Gasteiger partial charge in [0.15, 0.2) is 5.11 Å². The molecule has 0 unspecified atom stereocenters. The van der Waals surface area contributed by atoms with Crippen LogP contribution in [-0.2, 0) is 9.53 Å². The molecule has 0 atom stereocenters. The average Bonchev–Trinajstić information content (AvgIpc) is 2.61. The zero-order valence-electron chi connectivity index (χ0n) is 14.7. The predicted octanol–water partition coefficient (Wildman–Crippen LogP) is 0.403. The van der Waals surface area contributed by atoms with Crippen molar-refractivity contribution in [2.24, 2.45) is 0 Å². The molecular weight excluding hydrogens is 362 g/mol. The van der Waals surface area contributed by atoms with Crippen LogP contribution in [0, 0.1) is 0 Å². The third-order valence-electron chi connectivity index (χ3n) is 3.00. The summed E-state index contributed by atoms with van der Waals surface area (Å²) in [5.74, 6) is -1.07. The lowest BCUT2D eigenvalue weighted by Gasteiger charge is -2.12. The van der Waals surface area contributed by atoms with Crippen molar-refractivity contribution in [1.29, 1.82) is 0 Å². The highest BCUT2D eigenvalue weighted by Crippen LogP contribution is 2.16. The second-order valence-corrected chi connectivity index (χ2v) is 5.35. The summed E-state index contributed by atoms with van der Waals surface area (Å²) < 4.78 is 9.95. The number of methoxy groups -OCH3 is 1. The second kappa shape index (κ2) is 11.8. The Balaban J connectivity index is 2.43. The van der Waals surface area contributed by atoms with Crippen LogP contribution in [0.2, 0.25) is 0 Å². The van der Waals surface area contributed by atoms with Crippen molar-refractivity contribution in [1.82, 2.24) is 20.6 Å². The number of carbonyl (C=O) groups excluding carboxylic acids is 1. The molecule has 1 rings (SSSR count). The van der Waals surface area contributed by atoms with Crippen LogP contribution in [0.3, 0.4) is 0 Å². The summed E-state index contributed by atoms with van der Waals surface area (Å²) in [7, 11) is 1.44. The van der Waals surface area contributed by atoms with Gasteiger partial charge in [0.25, 0.3) is 0 Å². The summed E-state index contributed by atoms with van der Waals surface area (Å²) in [6, 6.07) is 0.141. The maximum Gasteiger partial charge on any atom is 0.343 e. The number of hydrogen-bond acceptors (Lipinski definition) is 8. The van der Waals surface area contributed by atoms with Crippen molar-refractivity contribution in [3.63, 3.8) is 0 Å². The number of nitrogens with one attached hydrogen (secondary N) is 3. The quantitative estimate of drug-likeness (QED) is 0.239. The molecule has 1 heterocycles. The Kier molecular flexibility index (Phi) is 9.69. The van der Waals surface area contributed by atoms with Gasteiger partial charge in [0, 0.05) is 19.6 Å². The number of carbonyl (C=O) groups is 2. The van der Waals surface area contributed by atoms with E-state index in [2.05, 4.69) is 25.9 Å². The van der Waals surface area contributed by atoms with E-state index >= 15 is 0 Å². The van der Waals surface area contributed by atoms with Gasteiger partial charge in [-0.25, -0.2) is 9.78 Å². The molecule has 0 fully saturated rings. The molecule has 0 aromatic carbocycles. The first-order valence-corrected chi connectivity index (χ1v) is 8.44. The van der Waals surface area contributed by atoms with Gasteiger partial charge in [0.1, 0.15) is 11.4 Å². The number of esters is 1. The molecule has 0 spiro atoms. The van der Waals surface area contributed by atoms with Crippen LogP contribution < -0.4 is 20.7 Å². The van der Waals surface area contributed by atoms with Gasteiger partial charge in [-0.2, -0.15) is 4.98 Å². The van der Waals surface area contributed by atoms with Gasteiger partial charge >= 0.3 is 17.9 Å². The first-order valence-electron chi connectivity index (χ1n) is 8.03. The molecule has 11 heteroatoms. The fourth-order valence-corrected chi connectivity index (χ4v) is 2.00. The number of aliphatic carboxylic acids is 1. The van der Waals surface area contributed by atoms with Crippen LogP contribution in [0.15, 0.2) is 6.20 Å². The van der Waals surface area contributed by atoms with E-state index in [1.54, 1.807) is 6.92 Å². The SMILES string of the molecule is CCOC(=O)c1cnc(OC)nc1NCCCNC(=S)NCCC(=O)O. The Hall–Kier alpha value is -2.69. The van der Waals surface area contributed by atoms with E-state index in [-0.39, 0.29) is 31.1 Å². The summed E-state index contributed by atoms with van der Waals surface area (Å²) in [6.07, 6.45) is 2.02. The van der Waals surface area contributed by atoms with Gasteiger partial charge in [0.2, 0.25) is 0 Å². The molecule has 1 aromatic rings. The van der Waals surface area contributed by atoms with Crippen molar-refractivity contribution in [2.45, 2.75) is 19.8 Å². The fraction of sp³-hybridized carbons (Fsp3) is 0.533. The van der Waals surface area contributed by atoms with Gasteiger partial charge in [-0.15, -0.1) is 0 Å². The van der Waals surface area contributed by atoms with Gasteiger partial charge < -0.3 is 30.5 Å². The van der Waals surface area contributed by atoms with Gasteiger partial charge in [0.05, 0.1) is 26.3 Å². The monoisotopic (exact) mass is 385 g/mol. The van der Waals surface area contributed by atoms with Crippen LogP contribution in [0.4, 0.5) is 5.82 Å². The lowest BCUT2D eigenvalue weighted by Crippen LogP contribution is -2.37. The number of hydrogen-bond donors (Lipinski definition) is 4. The minimum absolute atomic E-state index is 0.00441. The third-order valence-corrected chi connectivity index (χ3v) is 3.29. The smallest absolute Gasteiger partial charge is 0.343 e. The minimum atomic E-state index is -0.887. The largest absolute Gasteiger partial charge is 0.481 e. The molecule has 10 nitrogen and oxygen atoms in total. The maximum absolute atomic E-state index is 11.9. The van der Waals surface area contributed by atoms with Crippen LogP contribution in [0.5, 0.6) is 6.01 Å². The van der Waals surface area contributed by atoms with Crippen molar-refractivity contribution in [3.8, 4) is 6.01 Å². The molecule has 0 bridgehead atoms. The van der Waals surface area contributed by atoms with E-state index in [0.29, 0.717) is 30.4 Å². The van der Waals surface area contributed by atoms with Crippen LogP contribution in [-0.4, -0.2) is 65.5 Å². The summed E-state index contributed by atoms with van der Waals surface area (Å²) in [4.78, 5) is 30.4. The van der Waals surface area contributed by atoms with Crippen LogP contribution >= 0.6 is 12.2 Å². The van der Waals surface area contributed by atoms with Crippen LogP contribution in [0.1, 0.15) is 30.1 Å². The van der Waals surface area contributed by atoms with Crippen LogP contribution in [0.25, 0.3) is 0 Å². The summed E-state index contributed by atoms with van der Waals surface area (Å²) in [5, 5.41) is 17.7. The van der Waals surface area contributed by atoms with E-state index in [9.17, 15) is 9.59 Å². The molecule has 4 N–H and O–H groups in total. The highest BCUT2D eigenvalue weighted by molar-refractivity contribution is 7.80. The molecule has 0 saturated carbocycles. The maximum atomic E-state index is 11.9. The Morgan fingerprint density at radius 3 is 2.65 bits per heavy atom. The normalized spacial score (nSPS) is 9.92. The molecule has 0 aliphatic rings. The molecule has 0 aliphatic heterocycles. The van der Waals surface area contributed by atoms with E-state index in [0.717, 1.165) is 0 Å². The summed E-state index contributed by atoms with van der Waals surface area (Å²) in [6.45, 7) is 3.30. The van der Waals surface area contributed by atoms with Gasteiger partial charge in [-0.3, -0.25) is 4.79 Å². The fourth-order valence-electron chi connectivity index (χ4n) is 1.80. The number of carboxylic acid groups (broad SMARTS) is 1. The Labute approximate surface area is 156 Å². The average molecular weight is 385 g/mol. The zero-order chi connectivity index (χ0) is 19.4. The van der Waals surface area contributed by atoms with Gasteiger partial charge in [-0.1, -0.05) is 0 Å². The lowest BCUT2D eigenvalue weighted by atomic mass is 10.3. The molecule has 0 saturated heterocycles. The minimum Gasteiger partial charge on any atom is -0.481 e. The van der Waals surface area contributed by atoms with Gasteiger partial charge in [-0.05, 0) is 25.6 Å². The van der Waals surface area contributed by atoms with E-state index in [1.165, 1.54) is 13.3 Å². The van der Waals surface area contributed by atoms with E-state index < -0.39 is 11.9 Å². The molecule has 0 radical (unpaired) electrons. The first kappa shape index (κ1) is 21.4. The number of rotatable bonds is 11. The Bertz CT molecular complexity index is 628. The highest BCUT2D eigenvalue weighted by Gasteiger charge is 2.15. The van der Waals surface area contributed by atoms with E-state index in [4.69, 9.17) is 26.8 Å². The molecular formula is C15H23N5O5S. The standard InChI is InChI=1S/C15H23N5O5S/c1-3-25-13(23)10-9-19-14(24-2)20-12(10)16-6-4-7-17-15(26)18-8-5-11(21)22/h9H,3-8H2,1-2H3,(H,21,22)(H,16,19,20)(H2,17,18,26).